The lowest BCUT2D eigenvalue weighted by Gasteiger charge is -2.19. The van der Waals surface area contributed by atoms with Crippen molar-refractivity contribution < 1.29 is 22.0 Å². The summed E-state index contributed by atoms with van der Waals surface area (Å²) in [4.78, 5) is 14.9. The molecule has 1 aromatic heterocycles. The van der Waals surface area contributed by atoms with E-state index in [9.17, 15) is 22.0 Å². The van der Waals surface area contributed by atoms with Crippen molar-refractivity contribution in [1.82, 2.24) is 4.31 Å². The summed E-state index contributed by atoms with van der Waals surface area (Å²) in [6.07, 6.45) is 0.589. The molecular weight excluding hydrogens is 402 g/mol. The smallest absolute Gasteiger partial charge is 0.288 e. The van der Waals surface area contributed by atoms with Gasteiger partial charge in [0.1, 0.15) is 4.88 Å². The van der Waals surface area contributed by atoms with Gasteiger partial charge in [0.05, 0.1) is 4.90 Å². The highest BCUT2D eigenvalue weighted by Crippen LogP contribution is 2.37. The zero-order chi connectivity index (χ0) is 19.1. The minimum Gasteiger partial charge on any atom is -0.307 e. The Morgan fingerprint density at radius 1 is 1.31 bits per heavy atom. The lowest BCUT2D eigenvalue weighted by molar-refractivity contribution is 0.0990. The largest absolute Gasteiger partial charge is 0.307 e. The quantitative estimate of drug-likeness (QED) is 0.698. The molecule has 3 rings (SSSR count). The molecule has 0 aliphatic carbocycles. The van der Waals surface area contributed by atoms with Crippen LogP contribution >= 0.6 is 23.1 Å². The molecule has 140 valence electrons. The molecule has 26 heavy (non-hydrogen) atoms. The molecule has 5 nitrogen and oxygen atoms in total. The molecule has 1 aromatic carbocycles. The van der Waals surface area contributed by atoms with Crippen molar-refractivity contribution in [2.45, 2.75) is 22.0 Å². The second-order valence-electron chi connectivity index (χ2n) is 5.78. The number of halogens is 2. The van der Waals surface area contributed by atoms with E-state index in [-0.39, 0.29) is 20.6 Å². The van der Waals surface area contributed by atoms with E-state index in [4.69, 9.17) is 0 Å². The van der Waals surface area contributed by atoms with Crippen LogP contribution < -0.4 is 4.90 Å². The first-order valence-corrected chi connectivity index (χ1v) is 10.8. The second-order valence-corrected chi connectivity index (χ2v) is 9.88. The monoisotopic (exact) mass is 418 g/mol. The minimum absolute atomic E-state index is 0.0920. The summed E-state index contributed by atoms with van der Waals surface area (Å²) in [6.45, 7) is 0.385. The summed E-state index contributed by atoms with van der Waals surface area (Å²) < 4.78 is 51.2. The van der Waals surface area contributed by atoms with Gasteiger partial charge in [0.15, 0.2) is 0 Å². The van der Waals surface area contributed by atoms with E-state index in [0.29, 0.717) is 30.4 Å². The number of carbonyl (C=O) groups is 1. The molecular formula is C16H16F2N2O3S3. The van der Waals surface area contributed by atoms with Crippen LogP contribution in [0, 0.1) is 0 Å². The first-order chi connectivity index (χ1) is 12.2. The molecule has 1 aliphatic heterocycles. The molecule has 2 heterocycles. The van der Waals surface area contributed by atoms with E-state index < -0.39 is 15.8 Å². The standard InChI is InChI=1S/C16H16F2N2O3S3/c1-19(2)26(22,23)11-4-3-10-5-7-20(12(10)9-11)15(21)14-13(6-8-24-14)25-16(17)18/h3-4,6,8-9,16H,5,7H2,1-2H3. The molecule has 0 atom stereocenters. The van der Waals surface area contributed by atoms with Crippen LogP contribution in [0.1, 0.15) is 15.2 Å². The number of alkyl halides is 2. The van der Waals surface area contributed by atoms with Gasteiger partial charge in [-0.2, -0.15) is 8.78 Å². The molecule has 0 saturated carbocycles. The molecule has 0 N–H and O–H groups in total. The van der Waals surface area contributed by atoms with Crippen LogP contribution in [-0.2, 0) is 16.4 Å². The summed E-state index contributed by atoms with van der Waals surface area (Å²) in [5, 5.41) is 1.60. The predicted molar refractivity (Wildman–Crippen MR) is 98.9 cm³/mol. The van der Waals surface area contributed by atoms with Crippen molar-refractivity contribution in [3.05, 3.63) is 40.1 Å². The third-order valence-electron chi connectivity index (χ3n) is 4.02. The van der Waals surface area contributed by atoms with Gasteiger partial charge in [-0.15, -0.1) is 11.3 Å². The molecule has 0 spiro atoms. The Labute approximate surface area is 158 Å². The molecule has 0 radical (unpaired) electrons. The molecule has 2 aromatic rings. The van der Waals surface area contributed by atoms with Crippen molar-refractivity contribution >= 4 is 44.7 Å². The molecule has 1 aliphatic rings. The highest BCUT2D eigenvalue weighted by molar-refractivity contribution is 7.99. The maximum absolute atomic E-state index is 12.9. The first-order valence-electron chi connectivity index (χ1n) is 7.61. The molecule has 0 bridgehead atoms. The van der Waals surface area contributed by atoms with Gasteiger partial charge in [-0.3, -0.25) is 4.79 Å². The van der Waals surface area contributed by atoms with Crippen LogP contribution in [0.25, 0.3) is 0 Å². The fraction of sp³-hybridized carbons (Fsp3) is 0.312. The fourth-order valence-corrected chi connectivity index (χ4v) is 5.27. The van der Waals surface area contributed by atoms with Crippen LogP contribution in [0.5, 0.6) is 0 Å². The number of rotatable bonds is 5. The van der Waals surface area contributed by atoms with Crippen molar-refractivity contribution in [3.63, 3.8) is 0 Å². The van der Waals surface area contributed by atoms with Crippen molar-refractivity contribution in [2.24, 2.45) is 0 Å². The van der Waals surface area contributed by atoms with Crippen LogP contribution in [-0.4, -0.2) is 45.0 Å². The van der Waals surface area contributed by atoms with Gasteiger partial charge in [-0.25, -0.2) is 12.7 Å². The zero-order valence-electron chi connectivity index (χ0n) is 14.0. The first kappa shape index (κ1) is 19.3. The second kappa shape index (κ2) is 7.26. The Bertz CT molecular complexity index is 942. The average Bonchev–Trinajstić information content (AvgIpc) is 3.19. The molecule has 0 fully saturated rings. The number of nitrogens with zero attached hydrogens (tertiary/aromatic N) is 2. The average molecular weight is 419 g/mol. The Morgan fingerprint density at radius 2 is 2.04 bits per heavy atom. The summed E-state index contributed by atoms with van der Waals surface area (Å²) in [5.41, 5.74) is 1.37. The topological polar surface area (TPSA) is 57.7 Å². The number of hydrogen-bond acceptors (Lipinski definition) is 5. The Kier molecular flexibility index (Phi) is 5.38. The number of amides is 1. The highest BCUT2D eigenvalue weighted by Gasteiger charge is 2.30. The van der Waals surface area contributed by atoms with Gasteiger partial charge in [-0.05, 0) is 35.6 Å². The van der Waals surface area contributed by atoms with E-state index in [0.717, 1.165) is 21.2 Å². The van der Waals surface area contributed by atoms with Crippen molar-refractivity contribution in [3.8, 4) is 0 Å². The fourth-order valence-electron chi connectivity index (χ4n) is 2.71. The lowest BCUT2D eigenvalue weighted by atomic mass is 10.2. The van der Waals surface area contributed by atoms with Crippen molar-refractivity contribution in [1.29, 1.82) is 0 Å². The molecule has 0 saturated heterocycles. The maximum Gasteiger partial charge on any atom is 0.288 e. The normalized spacial score (nSPS) is 14.3. The Balaban J connectivity index is 1.97. The number of thioether (sulfide) groups is 1. The number of thiophene rings is 1. The van der Waals surface area contributed by atoms with Crippen LogP contribution in [0.2, 0.25) is 0 Å². The maximum atomic E-state index is 12.9. The van der Waals surface area contributed by atoms with E-state index >= 15 is 0 Å². The summed E-state index contributed by atoms with van der Waals surface area (Å²) in [7, 11) is -0.760. The number of anilines is 1. The summed E-state index contributed by atoms with van der Waals surface area (Å²) in [5.74, 6) is -3.00. The van der Waals surface area contributed by atoms with Crippen molar-refractivity contribution in [2.75, 3.05) is 25.5 Å². The number of hydrogen-bond donors (Lipinski definition) is 0. The van der Waals surface area contributed by atoms with Crippen LogP contribution in [0.15, 0.2) is 39.4 Å². The molecule has 1 amide bonds. The summed E-state index contributed by atoms with van der Waals surface area (Å²) in [6, 6.07) is 6.19. The van der Waals surface area contributed by atoms with Gasteiger partial charge in [0.25, 0.3) is 11.7 Å². The number of carbonyl (C=O) groups excluding carboxylic acids is 1. The van der Waals surface area contributed by atoms with Gasteiger partial charge in [0, 0.05) is 31.2 Å². The Morgan fingerprint density at radius 3 is 2.69 bits per heavy atom. The summed E-state index contributed by atoms with van der Waals surface area (Å²) >= 11 is 1.44. The van der Waals surface area contributed by atoms with Gasteiger partial charge in [-0.1, -0.05) is 17.8 Å². The lowest BCUT2D eigenvalue weighted by Crippen LogP contribution is -2.29. The zero-order valence-corrected chi connectivity index (χ0v) is 16.4. The highest BCUT2D eigenvalue weighted by atomic mass is 32.2. The molecule has 0 unspecified atom stereocenters. The number of sulfonamides is 1. The van der Waals surface area contributed by atoms with Crippen LogP contribution in [0.3, 0.4) is 0 Å². The van der Waals surface area contributed by atoms with Crippen LogP contribution in [0.4, 0.5) is 14.5 Å². The van der Waals surface area contributed by atoms with E-state index in [1.807, 2.05) is 0 Å². The van der Waals surface area contributed by atoms with E-state index in [2.05, 4.69) is 0 Å². The third kappa shape index (κ3) is 3.51. The van der Waals surface area contributed by atoms with Gasteiger partial charge >= 0.3 is 0 Å². The predicted octanol–water partition coefficient (Wildman–Crippen LogP) is 3.52. The Hall–Kier alpha value is -1.49. The number of benzene rings is 1. The number of fused-ring (bicyclic) bond motifs is 1. The van der Waals surface area contributed by atoms with E-state index in [1.54, 1.807) is 11.4 Å². The minimum atomic E-state index is -3.63. The molecule has 10 heteroatoms. The van der Waals surface area contributed by atoms with Gasteiger partial charge in [0.2, 0.25) is 10.0 Å². The van der Waals surface area contributed by atoms with E-state index in [1.165, 1.54) is 37.2 Å². The SMILES string of the molecule is CN(C)S(=O)(=O)c1ccc2c(c1)N(C(=O)c1sccc1SC(F)F)CC2. The van der Waals surface area contributed by atoms with Gasteiger partial charge < -0.3 is 4.90 Å². The third-order valence-corrected chi connectivity index (χ3v) is 7.63.